The second kappa shape index (κ2) is 6.35. The smallest absolute Gasteiger partial charge is 0.251 e. The summed E-state index contributed by atoms with van der Waals surface area (Å²) < 4.78 is 5.15. The Hall–Kier alpha value is -1.75. The van der Waals surface area contributed by atoms with E-state index in [1.165, 1.54) is 0 Å². The Labute approximate surface area is 126 Å². The number of hydrogen-bond donors (Lipinski definition) is 2. The number of rotatable bonds is 4. The van der Waals surface area contributed by atoms with Crippen LogP contribution in [-0.2, 0) is 0 Å². The van der Waals surface area contributed by atoms with Crippen molar-refractivity contribution in [1.82, 2.24) is 10.2 Å². The molecule has 0 saturated carbocycles. The summed E-state index contributed by atoms with van der Waals surface area (Å²) >= 11 is 0. The van der Waals surface area contributed by atoms with Crippen molar-refractivity contribution in [3.8, 4) is 5.75 Å². The summed E-state index contributed by atoms with van der Waals surface area (Å²) in [4.78, 5) is 14.6. The molecule has 2 rings (SSSR count). The molecule has 0 aromatic heterocycles. The quantitative estimate of drug-likeness (QED) is 0.829. The Kier molecular flexibility index (Phi) is 4.73. The van der Waals surface area contributed by atoms with E-state index in [1.807, 2.05) is 0 Å². The summed E-state index contributed by atoms with van der Waals surface area (Å²) in [6.45, 7) is 5.11. The minimum absolute atomic E-state index is 0.0755. The van der Waals surface area contributed by atoms with E-state index in [4.69, 9.17) is 10.5 Å². The number of nitrogens with two attached hydrogens (primary N) is 1. The van der Waals surface area contributed by atoms with Gasteiger partial charge in [-0.2, -0.15) is 0 Å². The molecule has 3 N–H and O–H groups in total. The molecular weight excluding hydrogens is 266 g/mol. The predicted molar refractivity (Wildman–Crippen MR) is 84.6 cm³/mol. The van der Waals surface area contributed by atoms with Crippen LogP contribution in [0.5, 0.6) is 5.75 Å². The summed E-state index contributed by atoms with van der Waals surface area (Å²) in [5.74, 6) is 0.460. The van der Waals surface area contributed by atoms with Gasteiger partial charge in [-0.15, -0.1) is 0 Å². The van der Waals surface area contributed by atoms with Crippen LogP contribution in [0.2, 0.25) is 0 Å². The molecule has 0 radical (unpaired) electrons. The first kappa shape index (κ1) is 15.6. The number of nitrogens with one attached hydrogen (secondary N) is 1. The van der Waals surface area contributed by atoms with E-state index in [0.29, 0.717) is 23.5 Å². The maximum absolute atomic E-state index is 12.3. The number of carbonyl (C=O) groups is 1. The van der Waals surface area contributed by atoms with Crippen LogP contribution in [0, 0.1) is 5.41 Å². The second-order valence-electron chi connectivity index (χ2n) is 6.25. The fourth-order valence-corrected chi connectivity index (χ4v) is 2.58. The average Bonchev–Trinajstić information content (AvgIpc) is 2.49. The Bertz CT molecular complexity index is 508. The largest absolute Gasteiger partial charge is 0.495 e. The van der Waals surface area contributed by atoms with Crippen LogP contribution in [0.15, 0.2) is 18.2 Å². The summed E-state index contributed by atoms with van der Waals surface area (Å²) in [6, 6.07) is 5.11. The number of ether oxygens (including phenoxy) is 1. The minimum atomic E-state index is -0.0755. The molecule has 21 heavy (non-hydrogen) atoms. The molecular formula is C16H25N3O2. The normalized spacial score (nSPS) is 18.2. The van der Waals surface area contributed by atoms with E-state index >= 15 is 0 Å². The first-order valence-electron chi connectivity index (χ1n) is 7.34. The van der Waals surface area contributed by atoms with Gasteiger partial charge < -0.3 is 20.7 Å². The van der Waals surface area contributed by atoms with E-state index in [0.717, 1.165) is 25.9 Å². The molecule has 1 saturated heterocycles. The number of methoxy groups -OCH3 is 1. The standard InChI is InChI=1S/C16H25N3O2/c1-16(6-8-19(2)9-7-16)11-18-15(20)12-4-5-13(17)14(10-12)21-3/h4-5,10H,6-9,11,17H2,1-3H3,(H,18,20). The topological polar surface area (TPSA) is 67.6 Å². The highest BCUT2D eigenvalue weighted by Gasteiger charge is 2.29. The van der Waals surface area contributed by atoms with Crippen molar-refractivity contribution < 1.29 is 9.53 Å². The molecule has 0 bridgehead atoms. The first-order chi connectivity index (χ1) is 9.93. The van der Waals surface area contributed by atoms with Gasteiger partial charge in [0.2, 0.25) is 0 Å². The highest BCUT2D eigenvalue weighted by Crippen LogP contribution is 2.29. The van der Waals surface area contributed by atoms with Gasteiger partial charge in [0.05, 0.1) is 12.8 Å². The molecule has 116 valence electrons. The number of likely N-dealkylation sites (tertiary alicyclic amines) is 1. The molecule has 5 nitrogen and oxygen atoms in total. The molecule has 1 aromatic carbocycles. The number of piperidine rings is 1. The lowest BCUT2D eigenvalue weighted by Crippen LogP contribution is -2.43. The van der Waals surface area contributed by atoms with Crippen molar-refractivity contribution in [2.24, 2.45) is 5.41 Å². The van der Waals surface area contributed by atoms with Gasteiger partial charge >= 0.3 is 0 Å². The van der Waals surface area contributed by atoms with E-state index < -0.39 is 0 Å². The number of carbonyl (C=O) groups excluding carboxylic acids is 1. The van der Waals surface area contributed by atoms with Gasteiger partial charge in [0.15, 0.2) is 0 Å². The van der Waals surface area contributed by atoms with Crippen LogP contribution in [0.4, 0.5) is 5.69 Å². The van der Waals surface area contributed by atoms with E-state index in [-0.39, 0.29) is 11.3 Å². The second-order valence-corrected chi connectivity index (χ2v) is 6.25. The average molecular weight is 291 g/mol. The van der Waals surface area contributed by atoms with E-state index in [9.17, 15) is 4.79 Å². The fraction of sp³-hybridized carbons (Fsp3) is 0.562. The van der Waals surface area contributed by atoms with Gasteiger partial charge in [-0.05, 0) is 56.6 Å². The predicted octanol–water partition coefficient (Wildman–Crippen LogP) is 1.74. The van der Waals surface area contributed by atoms with Gasteiger partial charge in [-0.1, -0.05) is 6.92 Å². The van der Waals surface area contributed by atoms with Gasteiger partial charge in [-0.3, -0.25) is 4.79 Å². The summed E-state index contributed by atoms with van der Waals surface area (Å²) in [6.07, 6.45) is 2.21. The van der Waals surface area contributed by atoms with Crippen molar-refractivity contribution >= 4 is 11.6 Å². The van der Waals surface area contributed by atoms with Crippen LogP contribution in [0.25, 0.3) is 0 Å². The highest BCUT2D eigenvalue weighted by molar-refractivity contribution is 5.95. The maximum Gasteiger partial charge on any atom is 0.251 e. The molecule has 0 atom stereocenters. The Morgan fingerprint density at radius 3 is 2.71 bits per heavy atom. The SMILES string of the molecule is COc1cc(C(=O)NCC2(C)CCN(C)CC2)ccc1N. The van der Waals surface area contributed by atoms with Crippen molar-refractivity contribution in [2.75, 3.05) is 39.5 Å². The number of nitrogen functional groups attached to an aromatic ring is 1. The zero-order valence-corrected chi connectivity index (χ0v) is 13.1. The zero-order valence-electron chi connectivity index (χ0n) is 13.1. The monoisotopic (exact) mass is 291 g/mol. The first-order valence-corrected chi connectivity index (χ1v) is 7.34. The van der Waals surface area contributed by atoms with Crippen molar-refractivity contribution in [1.29, 1.82) is 0 Å². The van der Waals surface area contributed by atoms with Gasteiger partial charge in [0.1, 0.15) is 5.75 Å². The molecule has 1 aromatic rings. The lowest BCUT2D eigenvalue weighted by atomic mass is 9.80. The van der Waals surface area contributed by atoms with Gasteiger partial charge in [0, 0.05) is 12.1 Å². The number of benzene rings is 1. The lowest BCUT2D eigenvalue weighted by Gasteiger charge is -2.37. The summed E-state index contributed by atoms with van der Waals surface area (Å²) in [5.41, 5.74) is 7.06. The molecule has 1 aliphatic rings. The van der Waals surface area contributed by atoms with Crippen molar-refractivity contribution in [3.05, 3.63) is 23.8 Å². The van der Waals surface area contributed by atoms with Crippen LogP contribution >= 0.6 is 0 Å². The minimum Gasteiger partial charge on any atom is -0.495 e. The highest BCUT2D eigenvalue weighted by atomic mass is 16.5. The summed E-state index contributed by atoms with van der Waals surface area (Å²) in [5, 5.41) is 3.04. The van der Waals surface area contributed by atoms with Crippen LogP contribution in [-0.4, -0.2) is 44.6 Å². The number of amides is 1. The molecule has 1 amide bonds. The van der Waals surface area contributed by atoms with Crippen molar-refractivity contribution in [3.63, 3.8) is 0 Å². The van der Waals surface area contributed by atoms with Gasteiger partial charge in [-0.25, -0.2) is 0 Å². The van der Waals surface area contributed by atoms with Gasteiger partial charge in [0.25, 0.3) is 5.91 Å². The third kappa shape index (κ3) is 3.88. The van der Waals surface area contributed by atoms with Crippen LogP contribution < -0.4 is 15.8 Å². The van der Waals surface area contributed by atoms with Crippen LogP contribution in [0.3, 0.4) is 0 Å². The molecule has 1 heterocycles. The zero-order chi connectivity index (χ0) is 15.5. The Morgan fingerprint density at radius 1 is 1.43 bits per heavy atom. The maximum atomic E-state index is 12.3. The Morgan fingerprint density at radius 2 is 2.10 bits per heavy atom. The number of anilines is 1. The summed E-state index contributed by atoms with van der Waals surface area (Å²) in [7, 11) is 3.69. The van der Waals surface area contributed by atoms with E-state index in [2.05, 4.69) is 24.2 Å². The van der Waals surface area contributed by atoms with E-state index in [1.54, 1.807) is 25.3 Å². The number of nitrogens with zero attached hydrogens (tertiary/aromatic N) is 1. The molecule has 1 fully saturated rings. The molecule has 5 heteroatoms. The fourth-order valence-electron chi connectivity index (χ4n) is 2.58. The molecule has 0 unspecified atom stereocenters. The molecule has 0 spiro atoms. The molecule has 0 aliphatic carbocycles. The lowest BCUT2D eigenvalue weighted by molar-refractivity contribution is 0.0891. The molecule has 1 aliphatic heterocycles. The van der Waals surface area contributed by atoms with Crippen LogP contribution in [0.1, 0.15) is 30.1 Å². The third-order valence-corrected chi connectivity index (χ3v) is 4.37. The third-order valence-electron chi connectivity index (χ3n) is 4.37. The van der Waals surface area contributed by atoms with Crippen molar-refractivity contribution in [2.45, 2.75) is 19.8 Å². The Balaban J connectivity index is 1.95. The number of hydrogen-bond acceptors (Lipinski definition) is 4.